The van der Waals surface area contributed by atoms with Crippen LogP contribution in [0.15, 0.2) is 29.3 Å². The summed E-state index contributed by atoms with van der Waals surface area (Å²) in [6, 6.07) is 7.79. The van der Waals surface area contributed by atoms with Crippen molar-refractivity contribution < 1.29 is 18.1 Å². The summed E-state index contributed by atoms with van der Waals surface area (Å²) in [4.78, 5) is 5.03. The maximum absolute atomic E-state index is 10.7. The molecule has 9 heteroatoms. The normalized spacial score (nSPS) is 14.9. The fraction of sp³-hybridized carbons (Fsp3) is 0.294. The van der Waals surface area contributed by atoms with E-state index < -0.39 is 10.1 Å². The number of para-hydroxylation sites is 1. The minimum absolute atomic E-state index is 0.111. The molecule has 26 heavy (non-hydrogen) atoms. The lowest BCUT2D eigenvalue weighted by molar-refractivity contribution is 0.408. The molecule has 0 atom stereocenters. The van der Waals surface area contributed by atoms with Crippen LogP contribution < -0.4 is 0 Å². The van der Waals surface area contributed by atoms with E-state index in [4.69, 9.17) is 16.8 Å². The second-order valence-corrected chi connectivity index (χ2v) is 9.18. The molecule has 1 aliphatic rings. The third-order valence-electron chi connectivity index (χ3n) is 4.02. The zero-order valence-corrected chi connectivity index (χ0v) is 16.3. The second kappa shape index (κ2) is 7.83. The third kappa shape index (κ3) is 4.47. The van der Waals surface area contributed by atoms with Gasteiger partial charge in [-0.1, -0.05) is 24.6 Å². The van der Waals surface area contributed by atoms with Crippen molar-refractivity contribution in [2.24, 2.45) is 4.99 Å². The predicted octanol–water partition coefficient (Wildman–Crippen LogP) is 4.30. The molecule has 0 spiro atoms. The highest BCUT2D eigenvalue weighted by atomic mass is 32.2. The molecule has 0 amide bonds. The Balaban J connectivity index is 1.70. The summed E-state index contributed by atoms with van der Waals surface area (Å²) in [5.74, 6) is -0.135. The molecule has 3 rings (SSSR count). The van der Waals surface area contributed by atoms with Gasteiger partial charge in [-0.2, -0.15) is 8.42 Å². The molecule has 1 aromatic heterocycles. The maximum Gasteiger partial charge on any atom is 0.264 e. The number of benzene rings is 1. The van der Waals surface area contributed by atoms with Crippen LogP contribution in [-0.2, 0) is 16.7 Å². The Morgan fingerprint density at radius 3 is 2.77 bits per heavy atom. The Morgan fingerprint density at radius 1 is 1.23 bits per heavy atom. The van der Waals surface area contributed by atoms with Gasteiger partial charge < -0.3 is 5.11 Å². The van der Waals surface area contributed by atoms with E-state index in [2.05, 4.69) is 4.99 Å². The number of hydrogen-bond acceptors (Lipinski definition) is 6. The van der Waals surface area contributed by atoms with Crippen LogP contribution in [0.1, 0.15) is 29.7 Å². The van der Waals surface area contributed by atoms with Gasteiger partial charge in [0.15, 0.2) is 3.95 Å². The molecule has 0 fully saturated rings. The van der Waals surface area contributed by atoms with E-state index in [1.807, 2.05) is 30.3 Å². The van der Waals surface area contributed by atoms with Gasteiger partial charge in [0, 0.05) is 23.9 Å². The lowest BCUT2D eigenvalue weighted by Crippen LogP contribution is -2.04. The third-order valence-corrected chi connectivity index (χ3v) is 6.21. The highest BCUT2D eigenvalue weighted by Crippen LogP contribution is 2.35. The summed E-state index contributed by atoms with van der Waals surface area (Å²) in [5, 5.41) is 10.5. The smallest absolute Gasteiger partial charge is 0.264 e. The van der Waals surface area contributed by atoms with Gasteiger partial charge in [-0.25, -0.2) is 0 Å². The van der Waals surface area contributed by atoms with Gasteiger partial charge >= 0.3 is 0 Å². The summed E-state index contributed by atoms with van der Waals surface area (Å²) in [6.07, 6.45) is 5.30. The van der Waals surface area contributed by atoms with Gasteiger partial charge in [0.25, 0.3) is 10.1 Å². The van der Waals surface area contributed by atoms with Crippen LogP contribution in [0.2, 0.25) is 0 Å². The number of aromatic hydroxyl groups is 1. The highest BCUT2D eigenvalue weighted by Gasteiger charge is 2.15. The number of fused-ring (bicyclic) bond motifs is 1. The van der Waals surface area contributed by atoms with E-state index in [1.165, 1.54) is 11.3 Å². The van der Waals surface area contributed by atoms with E-state index >= 15 is 0 Å². The van der Waals surface area contributed by atoms with E-state index in [0.717, 1.165) is 16.8 Å². The van der Waals surface area contributed by atoms with Crippen molar-refractivity contribution in [3.63, 3.8) is 0 Å². The number of aliphatic imine (C=N–C) groups is 1. The van der Waals surface area contributed by atoms with Crippen LogP contribution in [0.3, 0.4) is 0 Å². The average molecular weight is 411 g/mol. The van der Waals surface area contributed by atoms with Crippen LogP contribution >= 0.6 is 23.6 Å². The Labute approximate surface area is 160 Å². The molecule has 6 nitrogen and oxygen atoms in total. The predicted molar refractivity (Wildman–Crippen MR) is 108 cm³/mol. The topological polar surface area (TPSA) is 91.9 Å². The van der Waals surface area contributed by atoms with Crippen molar-refractivity contribution in [2.45, 2.75) is 25.8 Å². The number of hydrogen-bond donors (Lipinski definition) is 2. The zero-order valence-electron chi connectivity index (χ0n) is 13.8. The number of nitrogens with zero attached hydrogens (tertiary/aromatic N) is 2. The lowest BCUT2D eigenvalue weighted by atomic mass is 10.1. The van der Waals surface area contributed by atoms with Gasteiger partial charge in [0.1, 0.15) is 0 Å². The van der Waals surface area contributed by atoms with Crippen LogP contribution in [0.25, 0.3) is 11.6 Å². The standard InChI is InChI=1S/C17H18N2O4S3/c20-16-15(10-12-11-18-14-7-3-2-6-13(12)14)25-17(24)19(16)8-4-1-5-9-26(21,22)23/h2-3,6-7,10-11,20H,1,4-5,8-9H2,(H,21,22,23). The number of rotatable bonds is 7. The fourth-order valence-corrected chi connectivity index (χ4v) is 4.61. The first-order chi connectivity index (χ1) is 12.3. The molecule has 0 radical (unpaired) electrons. The summed E-state index contributed by atoms with van der Waals surface area (Å²) >= 11 is 6.66. The van der Waals surface area contributed by atoms with Crippen molar-refractivity contribution in [2.75, 3.05) is 5.75 Å². The number of aromatic nitrogens is 1. The molecule has 2 N–H and O–H groups in total. The summed E-state index contributed by atoms with van der Waals surface area (Å²) in [7, 11) is -3.91. The van der Waals surface area contributed by atoms with Crippen LogP contribution in [0.4, 0.5) is 5.69 Å². The monoisotopic (exact) mass is 410 g/mol. The zero-order chi connectivity index (χ0) is 18.7. The molecular formula is C17H18N2O4S3. The average Bonchev–Trinajstić information content (AvgIpc) is 3.10. The molecule has 2 heterocycles. The number of unbranched alkanes of at least 4 members (excludes halogenated alkanes) is 2. The second-order valence-electron chi connectivity index (χ2n) is 5.93. The number of allylic oxidation sites excluding steroid dienone is 1. The Morgan fingerprint density at radius 2 is 2.00 bits per heavy atom. The Kier molecular flexibility index (Phi) is 5.71. The Hall–Kier alpha value is -1.81. The molecule has 0 saturated heterocycles. The van der Waals surface area contributed by atoms with Crippen LogP contribution in [-0.4, -0.2) is 34.6 Å². The molecule has 0 unspecified atom stereocenters. The molecule has 0 aliphatic carbocycles. The summed E-state index contributed by atoms with van der Waals surface area (Å²) in [5.41, 5.74) is 2.84. The van der Waals surface area contributed by atoms with Gasteiger partial charge in [-0.15, -0.1) is 11.3 Å². The van der Waals surface area contributed by atoms with E-state index in [0.29, 0.717) is 34.6 Å². The first kappa shape index (κ1) is 19.0. The van der Waals surface area contributed by atoms with Gasteiger partial charge in [0.2, 0.25) is 5.88 Å². The molecular weight excluding hydrogens is 392 g/mol. The first-order valence-corrected chi connectivity index (χ1v) is 10.9. The minimum Gasteiger partial charge on any atom is -0.493 e. The summed E-state index contributed by atoms with van der Waals surface area (Å²) < 4.78 is 32.4. The van der Waals surface area contributed by atoms with Crippen molar-refractivity contribution in [3.05, 3.63) is 38.7 Å². The van der Waals surface area contributed by atoms with Crippen LogP contribution in [0, 0.1) is 3.95 Å². The van der Waals surface area contributed by atoms with Crippen molar-refractivity contribution in [1.29, 1.82) is 0 Å². The van der Waals surface area contributed by atoms with E-state index in [1.54, 1.807) is 10.8 Å². The largest absolute Gasteiger partial charge is 0.493 e. The molecule has 138 valence electrons. The van der Waals surface area contributed by atoms with Crippen molar-refractivity contribution >= 4 is 57.2 Å². The quantitative estimate of drug-likeness (QED) is 0.403. The van der Waals surface area contributed by atoms with Crippen molar-refractivity contribution in [1.82, 2.24) is 4.57 Å². The van der Waals surface area contributed by atoms with E-state index in [9.17, 15) is 13.5 Å². The minimum atomic E-state index is -3.91. The molecule has 1 aliphatic heterocycles. The lowest BCUT2D eigenvalue weighted by Gasteiger charge is -2.04. The molecule has 0 saturated carbocycles. The highest BCUT2D eigenvalue weighted by molar-refractivity contribution is 7.85. The first-order valence-electron chi connectivity index (χ1n) is 8.08. The fourth-order valence-electron chi connectivity index (χ4n) is 2.73. The van der Waals surface area contributed by atoms with Crippen molar-refractivity contribution in [3.8, 4) is 5.88 Å². The van der Waals surface area contributed by atoms with Gasteiger partial charge in [0.05, 0.1) is 16.3 Å². The molecule has 2 aromatic rings. The molecule has 1 aromatic carbocycles. The number of thiazole rings is 1. The molecule has 0 bridgehead atoms. The maximum atomic E-state index is 10.7. The van der Waals surface area contributed by atoms with Gasteiger partial charge in [-0.05, 0) is 37.2 Å². The van der Waals surface area contributed by atoms with Gasteiger partial charge in [-0.3, -0.25) is 14.1 Å². The summed E-state index contributed by atoms with van der Waals surface area (Å²) in [6.45, 7) is 0.500. The Bertz CT molecular complexity index is 1030. The van der Waals surface area contributed by atoms with E-state index in [-0.39, 0.29) is 11.6 Å². The van der Waals surface area contributed by atoms with Crippen LogP contribution in [0.5, 0.6) is 5.88 Å². The SMILES string of the molecule is O=S(=O)(O)CCCCCn1c(O)c(C=C2C=Nc3ccccc32)sc1=S.